The molecule has 0 unspecified atom stereocenters. The van der Waals surface area contributed by atoms with Crippen molar-refractivity contribution in [2.75, 3.05) is 19.7 Å². The maximum absolute atomic E-state index is 11.7. The molecule has 1 fully saturated rings. The second-order valence-corrected chi connectivity index (χ2v) is 5.74. The van der Waals surface area contributed by atoms with E-state index in [1.807, 2.05) is 6.07 Å². The van der Waals surface area contributed by atoms with Crippen molar-refractivity contribution >= 4 is 6.03 Å². The lowest BCUT2D eigenvalue weighted by Gasteiger charge is -2.32. The van der Waals surface area contributed by atoms with Crippen molar-refractivity contribution < 1.29 is 9.90 Å². The third-order valence-electron chi connectivity index (χ3n) is 3.82. The lowest BCUT2D eigenvalue weighted by Crippen LogP contribution is -2.50. The first-order valence-electron chi connectivity index (χ1n) is 7.61. The molecule has 0 aromatic heterocycles. The molecular weight excluding hydrogens is 266 g/mol. The highest BCUT2D eigenvalue weighted by atomic mass is 16.3. The molecule has 0 radical (unpaired) electrons. The molecule has 3 N–H and O–H groups in total. The maximum Gasteiger partial charge on any atom is 0.315 e. The quantitative estimate of drug-likeness (QED) is 0.767. The van der Waals surface area contributed by atoms with Gasteiger partial charge in [-0.15, -0.1) is 0 Å². The first-order chi connectivity index (χ1) is 10.2. The molecule has 21 heavy (non-hydrogen) atoms. The normalized spacial score (nSPS) is 18.2. The summed E-state index contributed by atoms with van der Waals surface area (Å²) in [5, 5.41) is 14.6. The lowest BCUT2D eigenvalue weighted by molar-refractivity contribution is 0.183. The summed E-state index contributed by atoms with van der Waals surface area (Å²) in [6.45, 7) is 4.71. The van der Waals surface area contributed by atoms with Gasteiger partial charge >= 0.3 is 6.03 Å². The van der Waals surface area contributed by atoms with Gasteiger partial charge in [0.1, 0.15) is 0 Å². The van der Waals surface area contributed by atoms with E-state index in [1.54, 1.807) is 6.92 Å². The molecule has 1 aromatic rings. The summed E-state index contributed by atoms with van der Waals surface area (Å²) in [5.74, 6) is 0. The van der Waals surface area contributed by atoms with E-state index in [0.29, 0.717) is 0 Å². The minimum atomic E-state index is -0.205. The Balaban J connectivity index is 1.69. The smallest absolute Gasteiger partial charge is 0.315 e. The number of amides is 2. The van der Waals surface area contributed by atoms with E-state index in [4.69, 9.17) is 5.11 Å². The number of piperidine rings is 1. The average Bonchev–Trinajstić information content (AvgIpc) is 2.50. The molecule has 116 valence electrons. The molecule has 1 aliphatic rings. The number of hydrogen-bond donors (Lipinski definition) is 3. The van der Waals surface area contributed by atoms with E-state index in [0.717, 1.165) is 32.5 Å². The van der Waals surface area contributed by atoms with Gasteiger partial charge in [0.15, 0.2) is 0 Å². The molecule has 0 aliphatic carbocycles. The van der Waals surface area contributed by atoms with E-state index in [2.05, 4.69) is 39.8 Å². The van der Waals surface area contributed by atoms with Crippen LogP contribution in [0.25, 0.3) is 0 Å². The third-order valence-corrected chi connectivity index (χ3v) is 3.82. The van der Waals surface area contributed by atoms with E-state index in [1.165, 1.54) is 5.56 Å². The van der Waals surface area contributed by atoms with E-state index in [9.17, 15) is 4.79 Å². The number of rotatable bonds is 5. The van der Waals surface area contributed by atoms with Crippen molar-refractivity contribution in [3.8, 4) is 0 Å². The van der Waals surface area contributed by atoms with Crippen molar-refractivity contribution in [2.45, 2.75) is 38.4 Å². The fraction of sp³-hybridized carbons (Fsp3) is 0.562. The minimum Gasteiger partial charge on any atom is -0.394 e. The molecule has 2 rings (SSSR count). The molecule has 1 saturated heterocycles. The third kappa shape index (κ3) is 5.36. The summed E-state index contributed by atoms with van der Waals surface area (Å²) in [6, 6.07) is 10.3. The molecule has 5 nitrogen and oxygen atoms in total. The Labute approximate surface area is 126 Å². The molecule has 1 aromatic carbocycles. The van der Waals surface area contributed by atoms with Crippen molar-refractivity contribution in [3.63, 3.8) is 0 Å². The zero-order chi connectivity index (χ0) is 15.1. The number of carbonyl (C=O) groups is 1. The number of likely N-dealkylation sites (tertiary alicyclic amines) is 1. The van der Waals surface area contributed by atoms with Crippen molar-refractivity contribution in [2.24, 2.45) is 0 Å². The Bertz CT molecular complexity index is 430. The Morgan fingerprint density at radius 2 is 2.00 bits per heavy atom. The van der Waals surface area contributed by atoms with Crippen LogP contribution in [-0.4, -0.2) is 47.8 Å². The summed E-state index contributed by atoms with van der Waals surface area (Å²) in [5.41, 5.74) is 1.33. The number of hydrogen-bond acceptors (Lipinski definition) is 3. The van der Waals surface area contributed by atoms with Crippen molar-refractivity contribution in [1.82, 2.24) is 15.5 Å². The van der Waals surface area contributed by atoms with Gasteiger partial charge < -0.3 is 15.7 Å². The number of nitrogens with zero attached hydrogens (tertiary/aromatic N) is 1. The van der Waals surface area contributed by atoms with Gasteiger partial charge in [-0.25, -0.2) is 4.79 Å². The van der Waals surface area contributed by atoms with Gasteiger partial charge in [-0.2, -0.15) is 0 Å². The SMILES string of the molecule is C[C@@H](CO)NC(=O)NC1CCN(Cc2ccccc2)CC1. The highest BCUT2D eigenvalue weighted by Crippen LogP contribution is 2.13. The highest BCUT2D eigenvalue weighted by Gasteiger charge is 2.20. The number of benzene rings is 1. The predicted molar refractivity (Wildman–Crippen MR) is 83.0 cm³/mol. The van der Waals surface area contributed by atoms with E-state index >= 15 is 0 Å². The van der Waals surface area contributed by atoms with Crippen LogP contribution < -0.4 is 10.6 Å². The first-order valence-corrected chi connectivity index (χ1v) is 7.61. The van der Waals surface area contributed by atoms with Gasteiger partial charge in [0.25, 0.3) is 0 Å². The summed E-state index contributed by atoms with van der Waals surface area (Å²) in [4.78, 5) is 14.1. The van der Waals surface area contributed by atoms with Crippen LogP contribution in [0.15, 0.2) is 30.3 Å². The number of urea groups is 1. The van der Waals surface area contributed by atoms with Crippen LogP contribution in [-0.2, 0) is 6.54 Å². The molecule has 5 heteroatoms. The largest absolute Gasteiger partial charge is 0.394 e. The van der Waals surface area contributed by atoms with E-state index < -0.39 is 0 Å². The second-order valence-electron chi connectivity index (χ2n) is 5.74. The maximum atomic E-state index is 11.7. The van der Waals surface area contributed by atoms with Crippen molar-refractivity contribution in [3.05, 3.63) is 35.9 Å². The second kappa shape index (κ2) is 8.00. The fourth-order valence-electron chi connectivity index (χ4n) is 2.57. The van der Waals surface area contributed by atoms with Crippen LogP contribution in [0, 0.1) is 0 Å². The Morgan fingerprint density at radius 1 is 1.33 bits per heavy atom. The molecule has 1 aliphatic heterocycles. The van der Waals surface area contributed by atoms with Crippen LogP contribution in [0.1, 0.15) is 25.3 Å². The van der Waals surface area contributed by atoms with Gasteiger partial charge in [0, 0.05) is 25.7 Å². The molecule has 0 bridgehead atoms. The van der Waals surface area contributed by atoms with Gasteiger partial charge in [-0.05, 0) is 25.3 Å². The van der Waals surface area contributed by atoms with Crippen LogP contribution >= 0.6 is 0 Å². The highest BCUT2D eigenvalue weighted by molar-refractivity contribution is 5.74. The fourth-order valence-corrected chi connectivity index (χ4v) is 2.57. The standard InChI is InChI=1S/C16H25N3O2/c1-13(12-20)17-16(21)18-15-7-9-19(10-8-15)11-14-5-3-2-4-6-14/h2-6,13,15,20H,7-12H2,1H3,(H2,17,18,21)/t13-/m0/s1. The molecule has 2 amide bonds. The predicted octanol–water partition coefficient (Wildman–Crippen LogP) is 1.33. The summed E-state index contributed by atoms with van der Waals surface area (Å²) in [7, 11) is 0. The first kappa shape index (κ1) is 15.8. The van der Waals surface area contributed by atoms with Gasteiger partial charge in [0.05, 0.1) is 12.6 Å². The molecule has 0 saturated carbocycles. The summed E-state index contributed by atoms with van der Waals surface area (Å²) < 4.78 is 0. The lowest BCUT2D eigenvalue weighted by atomic mass is 10.0. The van der Waals surface area contributed by atoms with Crippen LogP contribution in [0.4, 0.5) is 4.79 Å². The van der Waals surface area contributed by atoms with Crippen LogP contribution in [0.5, 0.6) is 0 Å². The Kier molecular flexibility index (Phi) is 6.02. The number of aliphatic hydroxyl groups is 1. The van der Waals surface area contributed by atoms with E-state index in [-0.39, 0.29) is 24.7 Å². The Hall–Kier alpha value is -1.59. The Morgan fingerprint density at radius 3 is 2.62 bits per heavy atom. The number of aliphatic hydroxyl groups excluding tert-OH is 1. The van der Waals surface area contributed by atoms with Crippen LogP contribution in [0.3, 0.4) is 0 Å². The molecule has 0 spiro atoms. The minimum absolute atomic E-state index is 0.0387. The van der Waals surface area contributed by atoms with Gasteiger partial charge in [-0.1, -0.05) is 30.3 Å². The van der Waals surface area contributed by atoms with Gasteiger partial charge in [-0.3, -0.25) is 4.90 Å². The van der Waals surface area contributed by atoms with Gasteiger partial charge in [0.2, 0.25) is 0 Å². The van der Waals surface area contributed by atoms with Crippen molar-refractivity contribution in [1.29, 1.82) is 0 Å². The zero-order valence-corrected chi connectivity index (χ0v) is 12.6. The number of carbonyl (C=O) groups excluding carboxylic acids is 1. The number of nitrogens with one attached hydrogen (secondary N) is 2. The topological polar surface area (TPSA) is 64.6 Å². The average molecular weight is 291 g/mol. The summed E-state index contributed by atoms with van der Waals surface area (Å²) >= 11 is 0. The molecule has 1 atom stereocenters. The van der Waals surface area contributed by atoms with Crippen LogP contribution in [0.2, 0.25) is 0 Å². The monoisotopic (exact) mass is 291 g/mol. The molecular formula is C16H25N3O2. The summed E-state index contributed by atoms with van der Waals surface area (Å²) in [6.07, 6.45) is 1.93. The zero-order valence-electron chi connectivity index (χ0n) is 12.6. The molecule has 1 heterocycles.